The fraction of sp³-hybridized carbons (Fsp3) is 0.143. The first kappa shape index (κ1) is 15.9. The van der Waals surface area contributed by atoms with Gasteiger partial charge < -0.3 is 9.47 Å². The molecular formula is C14H10Cl3NO3. The first-order valence-corrected chi connectivity index (χ1v) is 7.09. The van der Waals surface area contributed by atoms with Crippen molar-refractivity contribution >= 4 is 40.8 Å². The predicted molar refractivity (Wildman–Crippen MR) is 81.7 cm³/mol. The van der Waals surface area contributed by atoms with E-state index in [0.717, 1.165) is 0 Å². The summed E-state index contributed by atoms with van der Waals surface area (Å²) in [6.45, 7) is 1.96. The Hall–Kier alpha value is -1.49. The Balaban J connectivity index is 2.36. The zero-order valence-corrected chi connectivity index (χ0v) is 13.2. The molecule has 0 aliphatic rings. The molecule has 1 aromatic heterocycles. The lowest BCUT2D eigenvalue weighted by molar-refractivity contribution is 0.0523. The molecule has 21 heavy (non-hydrogen) atoms. The van der Waals surface area contributed by atoms with E-state index in [2.05, 4.69) is 4.98 Å². The van der Waals surface area contributed by atoms with E-state index in [1.165, 1.54) is 30.6 Å². The second kappa shape index (κ2) is 6.98. The van der Waals surface area contributed by atoms with Gasteiger partial charge in [-0.3, -0.25) is 4.98 Å². The molecule has 0 amide bonds. The zero-order valence-electron chi connectivity index (χ0n) is 10.9. The SMILES string of the molecule is CCOC(=O)c1cnccc1Oc1cc(Cl)c(Cl)cc1Cl. The molecule has 2 rings (SSSR count). The summed E-state index contributed by atoms with van der Waals surface area (Å²) >= 11 is 17.8. The Kier molecular flexibility index (Phi) is 5.28. The van der Waals surface area contributed by atoms with Crippen molar-refractivity contribution in [2.45, 2.75) is 6.92 Å². The van der Waals surface area contributed by atoms with Gasteiger partial charge in [0.15, 0.2) is 0 Å². The van der Waals surface area contributed by atoms with Crippen LogP contribution in [0, 0.1) is 0 Å². The van der Waals surface area contributed by atoms with Gasteiger partial charge in [-0.2, -0.15) is 0 Å². The Morgan fingerprint density at radius 1 is 1.14 bits per heavy atom. The quantitative estimate of drug-likeness (QED) is 0.576. The van der Waals surface area contributed by atoms with Crippen molar-refractivity contribution in [2.24, 2.45) is 0 Å². The zero-order chi connectivity index (χ0) is 15.4. The van der Waals surface area contributed by atoms with E-state index in [0.29, 0.717) is 10.0 Å². The molecule has 0 radical (unpaired) electrons. The van der Waals surface area contributed by atoms with E-state index in [-0.39, 0.29) is 28.7 Å². The number of rotatable bonds is 4. The van der Waals surface area contributed by atoms with Gasteiger partial charge in [-0.05, 0) is 13.0 Å². The summed E-state index contributed by atoms with van der Waals surface area (Å²) in [4.78, 5) is 15.7. The predicted octanol–water partition coefficient (Wildman–Crippen LogP) is 5.01. The van der Waals surface area contributed by atoms with Gasteiger partial charge in [-0.1, -0.05) is 34.8 Å². The van der Waals surface area contributed by atoms with Gasteiger partial charge in [0.2, 0.25) is 0 Å². The summed E-state index contributed by atoms with van der Waals surface area (Å²) in [6, 6.07) is 4.47. The molecule has 0 atom stereocenters. The van der Waals surface area contributed by atoms with E-state index in [1.54, 1.807) is 6.92 Å². The summed E-state index contributed by atoms with van der Waals surface area (Å²) in [5, 5.41) is 0.883. The maximum absolute atomic E-state index is 11.8. The maximum Gasteiger partial charge on any atom is 0.343 e. The van der Waals surface area contributed by atoms with E-state index < -0.39 is 5.97 Å². The molecule has 0 fully saturated rings. The molecule has 0 aliphatic carbocycles. The molecule has 4 nitrogen and oxygen atoms in total. The number of aromatic nitrogens is 1. The number of benzene rings is 1. The molecule has 0 saturated carbocycles. The van der Waals surface area contributed by atoms with Gasteiger partial charge in [0.05, 0.1) is 21.7 Å². The maximum atomic E-state index is 11.8. The van der Waals surface area contributed by atoms with Gasteiger partial charge in [0, 0.05) is 24.5 Å². The van der Waals surface area contributed by atoms with E-state index in [4.69, 9.17) is 44.3 Å². The monoisotopic (exact) mass is 345 g/mol. The van der Waals surface area contributed by atoms with Gasteiger partial charge >= 0.3 is 5.97 Å². The number of halogens is 3. The number of nitrogens with zero attached hydrogens (tertiary/aromatic N) is 1. The molecule has 2 aromatic rings. The lowest BCUT2D eigenvalue weighted by atomic mass is 10.2. The van der Waals surface area contributed by atoms with Crippen molar-refractivity contribution in [3.05, 3.63) is 51.2 Å². The number of ether oxygens (including phenoxy) is 2. The van der Waals surface area contributed by atoms with Crippen LogP contribution in [0.4, 0.5) is 0 Å². The van der Waals surface area contributed by atoms with Gasteiger partial charge in [-0.15, -0.1) is 0 Å². The number of carbonyl (C=O) groups excluding carboxylic acids is 1. The second-order valence-electron chi connectivity index (χ2n) is 3.89. The molecule has 0 unspecified atom stereocenters. The second-order valence-corrected chi connectivity index (χ2v) is 5.11. The number of esters is 1. The van der Waals surface area contributed by atoms with Crippen LogP contribution in [0.25, 0.3) is 0 Å². The van der Waals surface area contributed by atoms with Crippen LogP contribution in [0.15, 0.2) is 30.6 Å². The third kappa shape index (κ3) is 3.79. The summed E-state index contributed by atoms with van der Waals surface area (Å²) in [5.41, 5.74) is 0.196. The van der Waals surface area contributed by atoms with Crippen LogP contribution in [0.3, 0.4) is 0 Å². The van der Waals surface area contributed by atoms with Gasteiger partial charge in [0.1, 0.15) is 17.1 Å². The topological polar surface area (TPSA) is 48.4 Å². The van der Waals surface area contributed by atoms with Crippen LogP contribution in [-0.4, -0.2) is 17.6 Å². The van der Waals surface area contributed by atoms with Crippen molar-refractivity contribution in [2.75, 3.05) is 6.61 Å². The van der Waals surface area contributed by atoms with Crippen molar-refractivity contribution in [1.82, 2.24) is 4.98 Å². The highest BCUT2D eigenvalue weighted by atomic mass is 35.5. The summed E-state index contributed by atoms with van der Waals surface area (Å²) in [7, 11) is 0. The van der Waals surface area contributed by atoms with E-state index in [1.807, 2.05) is 0 Å². The largest absolute Gasteiger partial charge is 0.462 e. The van der Waals surface area contributed by atoms with Crippen molar-refractivity contribution in [3.63, 3.8) is 0 Å². The van der Waals surface area contributed by atoms with Crippen molar-refractivity contribution in [1.29, 1.82) is 0 Å². The highest BCUT2D eigenvalue weighted by Gasteiger charge is 2.16. The molecule has 1 aromatic carbocycles. The highest BCUT2D eigenvalue weighted by Crippen LogP contribution is 2.37. The molecule has 0 aliphatic heterocycles. The standard InChI is InChI=1S/C14H10Cl3NO3/c1-2-20-14(19)8-7-18-4-3-12(8)21-13-6-10(16)9(15)5-11(13)17/h3-7H,2H2,1H3. The molecule has 1 heterocycles. The third-order valence-electron chi connectivity index (χ3n) is 2.47. The minimum absolute atomic E-state index is 0.196. The van der Waals surface area contributed by atoms with Gasteiger partial charge in [-0.25, -0.2) is 4.79 Å². The van der Waals surface area contributed by atoms with Crippen molar-refractivity contribution in [3.8, 4) is 11.5 Å². The average molecular weight is 347 g/mol. The number of pyridine rings is 1. The first-order chi connectivity index (χ1) is 10.0. The number of carbonyl (C=O) groups is 1. The van der Waals surface area contributed by atoms with Gasteiger partial charge in [0.25, 0.3) is 0 Å². The van der Waals surface area contributed by atoms with E-state index in [9.17, 15) is 4.79 Å². The number of hydrogen-bond donors (Lipinski definition) is 0. The summed E-state index contributed by atoms with van der Waals surface area (Å²) in [5.74, 6) is 0.0170. The lowest BCUT2D eigenvalue weighted by Crippen LogP contribution is -2.07. The first-order valence-electron chi connectivity index (χ1n) is 5.96. The van der Waals surface area contributed by atoms with Crippen molar-refractivity contribution < 1.29 is 14.3 Å². The number of hydrogen-bond acceptors (Lipinski definition) is 4. The fourth-order valence-corrected chi connectivity index (χ4v) is 2.11. The smallest absolute Gasteiger partial charge is 0.343 e. The van der Waals surface area contributed by atoms with Crippen LogP contribution in [0.2, 0.25) is 15.1 Å². The molecular weight excluding hydrogens is 337 g/mol. The Morgan fingerprint density at radius 3 is 2.57 bits per heavy atom. The third-order valence-corrected chi connectivity index (χ3v) is 3.49. The highest BCUT2D eigenvalue weighted by molar-refractivity contribution is 6.43. The van der Waals surface area contributed by atoms with Crippen LogP contribution in [0.1, 0.15) is 17.3 Å². The van der Waals surface area contributed by atoms with Crippen LogP contribution in [-0.2, 0) is 4.74 Å². The lowest BCUT2D eigenvalue weighted by Gasteiger charge is -2.11. The van der Waals surface area contributed by atoms with Crippen LogP contribution < -0.4 is 4.74 Å². The Bertz CT molecular complexity index is 677. The molecule has 110 valence electrons. The van der Waals surface area contributed by atoms with Crippen LogP contribution in [0.5, 0.6) is 11.5 Å². The molecule has 0 saturated heterocycles. The molecule has 7 heteroatoms. The fourth-order valence-electron chi connectivity index (χ4n) is 1.53. The summed E-state index contributed by atoms with van der Waals surface area (Å²) < 4.78 is 10.6. The molecule has 0 spiro atoms. The normalized spacial score (nSPS) is 10.3. The van der Waals surface area contributed by atoms with E-state index >= 15 is 0 Å². The Morgan fingerprint density at radius 2 is 1.86 bits per heavy atom. The minimum Gasteiger partial charge on any atom is -0.462 e. The molecule has 0 bridgehead atoms. The molecule has 0 N–H and O–H groups in total. The van der Waals surface area contributed by atoms with Crippen LogP contribution >= 0.6 is 34.8 Å². The minimum atomic E-state index is -0.531. The average Bonchev–Trinajstić information content (AvgIpc) is 2.45. The summed E-state index contributed by atoms with van der Waals surface area (Å²) in [6.07, 6.45) is 2.85. The Labute approximate surface area is 136 Å².